The van der Waals surface area contributed by atoms with Gasteiger partial charge in [0, 0.05) is 23.6 Å². The zero-order valence-electron chi connectivity index (χ0n) is 11.0. The smallest absolute Gasteiger partial charge is 0.255 e. The number of nitrogens with two attached hydrogens (primary N) is 1. The highest BCUT2D eigenvalue weighted by Crippen LogP contribution is 2.26. The maximum absolute atomic E-state index is 12.5. The molecule has 1 saturated heterocycles. The second kappa shape index (κ2) is 5.18. The van der Waals surface area contributed by atoms with E-state index in [1.807, 2.05) is 23.6 Å². The molecular weight excluding hydrogens is 246 g/mol. The summed E-state index contributed by atoms with van der Waals surface area (Å²) >= 11 is 1.93. The van der Waals surface area contributed by atoms with Crippen molar-refractivity contribution in [2.45, 2.75) is 31.3 Å². The van der Waals surface area contributed by atoms with Crippen LogP contribution in [0.5, 0.6) is 0 Å². The summed E-state index contributed by atoms with van der Waals surface area (Å²) in [6.45, 7) is 7.75. The van der Waals surface area contributed by atoms with Gasteiger partial charge in [0.1, 0.15) is 0 Å². The largest absolute Gasteiger partial charge is 0.397 e. The number of rotatable bonds is 1. The second-order valence-electron chi connectivity index (χ2n) is 4.87. The van der Waals surface area contributed by atoms with Gasteiger partial charge in [0.2, 0.25) is 0 Å². The number of carbonyl (C=O) groups is 1. The van der Waals surface area contributed by atoms with Gasteiger partial charge in [0.15, 0.2) is 0 Å². The summed E-state index contributed by atoms with van der Waals surface area (Å²) in [6.07, 6.45) is 1.59. The molecule has 0 saturated carbocycles. The number of thioether (sulfide) groups is 1. The first-order valence-electron chi connectivity index (χ1n) is 6.14. The number of hydrogen-bond acceptors (Lipinski definition) is 4. The van der Waals surface area contributed by atoms with Gasteiger partial charge in [-0.3, -0.25) is 9.78 Å². The zero-order valence-corrected chi connectivity index (χ0v) is 11.8. The van der Waals surface area contributed by atoms with Crippen molar-refractivity contribution in [3.63, 3.8) is 0 Å². The van der Waals surface area contributed by atoms with E-state index in [2.05, 4.69) is 18.8 Å². The molecule has 2 rings (SSSR count). The number of amides is 1. The van der Waals surface area contributed by atoms with Crippen LogP contribution in [0.15, 0.2) is 12.3 Å². The minimum Gasteiger partial charge on any atom is -0.397 e. The van der Waals surface area contributed by atoms with Gasteiger partial charge in [-0.05, 0) is 13.0 Å². The molecule has 2 unspecified atom stereocenters. The molecule has 0 radical (unpaired) electrons. The van der Waals surface area contributed by atoms with Crippen LogP contribution in [0, 0.1) is 6.92 Å². The summed E-state index contributed by atoms with van der Waals surface area (Å²) in [4.78, 5) is 18.6. The van der Waals surface area contributed by atoms with Crippen LogP contribution in [0.25, 0.3) is 0 Å². The van der Waals surface area contributed by atoms with E-state index in [9.17, 15) is 4.79 Å². The summed E-state index contributed by atoms with van der Waals surface area (Å²) in [6, 6.07) is 1.72. The fraction of sp³-hybridized carbons (Fsp3) is 0.538. The molecule has 1 amide bonds. The number of nitrogen functional groups attached to an aromatic ring is 1. The Morgan fingerprint density at radius 1 is 1.44 bits per heavy atom. The fourth-order valence-electron chi connectivity index (χ4n) is 2.28. The SMILES string of the molecule is Cc1ncc(N)cc1C(=O)N1CC(C)SC(C)C1. The average Bonchev–Trinajstić information content (AvgIpc) is 2.30. The Morgan fingerprint density at radius 2 is 2.06 bits per heavy atom. The number of aryl methyl sites for hydroxylation is 1. The van der Waals surface area contributed by atoms with Gasteiger partial charge in [-0.15, -0.1) is 0 Å². The third kappa shape index (κ3) is 2.77. The highest BCUT2D eigenvalue weighted by atomic mass is 32.2. The van der Waals surface area contributed by atoms with E-state index < -0.39 is 0 Å². The van der Waals surface area contributed by atoms with Gasteiger partial charge in [-0.1, -0.05) is 13.8 Å². The highest BCUT2D eigenvalue weighted by molar-refractivity contribution is 8.00. The lowest BCUT2D eigenvalue weighted by Gasteiger charge is -2.34. The van der Waals surface area contributed by atoms with Crippen molar-refractivity contribution in [1.82, 2.24) is 9.88 Å². The van der Waals surface area contributed by atoms with E-state index in [-0.39, 0.29) is 5.91 Å². The van der Waals surface area contributed by atoms with Crippen molar-refractivity contribution in [3.8, 4) is 0 Å². The van der Waals surface area contributed by atoms with Crippen LogP contribution in [0.2, 0.25) is 0 Å². The third-order valence-electron chi connectivity index (χ3n) is 3.05. The lowest BCUT2D eigenvalue weighted by atomic mass is 10.1. The summed E-state index contributed by atoms with van der Waals surface area (Å²) in [5.41, 5.74) is 7.62. The maximum Gasteiger partial charge on any atom is 0.255 e. The third-order valence-corrected chi connectivity index (χ3v) is 4.27. The van der Waals surface area contributed by atoms with E-state index in [1.165, 1.54) is 0 Å². The minimum absolute atomic E-state index is 0.0475. The van der Waals surface area contributed by atoms with E-state index in [0.29, 0.717) is 21.8 Å². The molecule has 2 N–H and O–H groups in total. The Kier molecular flexibility index (Phi) is 3.80. The first kappa shape index (κ1) is 13.2. The topological polar surface area (TPSA) is 59.2 Å². The average molecular weight is 265 g/mol. The van der Waals surface area contributed by atoms with Crippen molar-refractivity contribution in [1.29, 1.82) is 0 Å². The molecule has 1 fully saturated rings. The summed E-state index contributed by atoms with van der Waals surface area (Å²) in [7, 11) is 0. The predicted octanol–water partition coefficient (Wildman–Crippen LogP) is 1.94. The van der Waals surface area contributed by atoms with Gasteiger partial charge in [0.25, 0.3) is 5.91 Å². The molecule has 4 nitrogen and oxygen atoms in total. The van der Waals surface area contributed by atoms with Gasteiger partial charge >= 0.3 is 0 Å². The van der Waals surface area contributed by atoms with Crippen molar-refractivity contribution in [2.75, 3.05) is 18.8 Å². The maximum atomic E-state index is 12.5. The summed E-state index contributed by atoms with van der Waals surface area (Å²) in [5, 5.41) is 0.957. The number of aromatic nitrogens is 1. The van der Waals surface area contributed by atoms with Crippen molar-refractivity contribution in [2.24, 2.45) is 0 Å². The molecule has 1 aromatic heterocycles. The molecule has 5 heteroatoms. The first-order chi connectivity index (χ1) is 8.47. The van der Waals surface area contributed by atoms with Crippen molar-refractivity contribution in [3.05, 3.63) is 23.5 Å². The molecule has 0 spiro atoms. The molecule has 1 aliphatic heterocycles. The van der Waals surface area contributed by atoms with E-state index in [0.717, 1.165) is 18.8 Å². The van der Waals surface area contributed by atoms with Crippen LogP contribution in [0.4, 0.5) is 5.69 Å². The van der Waals surface area contributed by atoms with E-state index >= 15 is 0 Å². The highest BCUT2D eigenvalue weighted by Gasteiger charge is 2.27. The molecule has 2 atom stereocenters. The van der Waals surface area contributed by atoms with E-state index in [4.69, 9.17) is 5.73 Å². The quantitative estimate of drug-likeness (QED) is 0.843. The lowest BCUT2D eigenvalue weighted by molar-refractivity contribution is 0.0752. The number of hydrogen-bond donors (Lipinski definition) is 1. The minimum atomic E-state index is 0.0475. The second-order valence-corrected chi connectivity index (χ2v) is 6.75. The molecule has 98 valence electrons. The van der Waals surface area contributed by atoms with Crippen molar-refractivity contribution >= 4 is 23.4 Å². The number of anilines is 1. The normalized spacial score (nSPS) is 24.1. The molecule has 1 aliphatic rings. The Hall–Kier alpha value is -1.23. The van der Waals surface area contributed by atoms with Crippen LogP contribution in [0.3, 0.4) is 0 Å². The van der Waals surface area contributed by atoms with Crippen molar-refractivity contribution < 1.29 is 4.79 Å². The standard InChI is InChI=1S/C13H19N3OS/c1-8-6-16(7-9(2)18-8)13(17)12-4-11(14)5-15-10(12)3/h4-5,8-9H,6-7,14H2,1-3H3. The van der Waals surface area contributed by atoms with Crippen LogP contribution >= 0.6 is 11.8 Å². The molecule has 2 heterocycles. The molecule has 0 bridgehead atoms. The fourth-order valence-corrected chi connectivity index (χ4v) is 3.61. The van der Waals surface area contributed by atoms with Gasteiger partial charge in [-0.25, -0.2) is 0 Å². The zero-order chi connectivity index (χ0) is 13.3. The van der Waals surface area contributed by atoms with Crippen LogP contribution in [0.1, 0.15) is 29.9 Å². The molecule has 1 aromatic rings. The van der Waals surface area contributed by atoms with Gasteiger partial charge < -0.3 is 10.6 Å². The molecule has 0 aliphatic carbocycles. The monoisotopic (exact) mass is 265 g/mol. The molecular formula is C13H19N3OS. The molecule has 18 heavy (non-hydrogen) atoms. The number of pyridine rings is 1. The molecule has 0 aromatic carbocycles. The predicted molar refractivity (Wildman–Crippen MR) is 75.8 cm³/mol. The van der Waals surface area contributed by atoms with Crippen LogP contribution in [-0.2, 0) is 0 Å². The van der Waals surface area contributed by atoms with E-state index in [1.54, 1.807) is 12.3 Å². The summed E-state index contributed by atoms with van der Waals surface area (Å²) in [5.74, 6) is 0.0475. The van der Waals surface area contributed by atoms with Gasteiger partial charge in [0.05, 0.1) is 23.1 Å². The van der Waals surface area contributed by atoms with Crippen LogP contribution in [-0.4, -0.2) is 39.4 Å². The van der Waals surface area contributed by atoms with Crippen LogP contribution < -0.4 is 5.73 Å². The van der Waals surface area contributed by atoms with Gasteiger partial charge in [-0.2, -0.15) is 11.8 Å². The lowest BCUT2D eigenvalue weighted by Crippen LogP contribution is -2.44. The Balaban J connectivity index is 2.22. The Labute approximate surface area is 112 Å². The Bertz CT molecular complexity index is 454. The number of carbonyl (C=O) groups excluding carboxylic acids is 1. The number of nitrogens with zero attached hydrogens (tertiary/aromatic N) is 2. The first-order valence-corrected chi connectivity index (χ1v) is 7.08. The summed E-state index contributed by atoms with van der Waals surface area (Å²) < 4.78 is 0. The Morgan fingerprint density at radius 3 is 2.67 bits per heavy atom.